The van der Waals surface area contributed by atoms with Gasteiger partial charge in [0.05, 0.1) is 0 Å². The predicted molar refractivity (Wildman–Crippen MR) is 65.1 cm³/mol. The first-order chi connectivity index (χ1) is 7.02. The molecule has 1 unspecified atom stereocenters. The van der Waals surface area contributed by atoms with Gasteiger partial charge in [-0.3, -0.25) is 4.90 Å². The second kappa shape index (κ2) is 4.06. The summed E-state index contributed by atoms with van der Waals surface area (Å²) in [5.74, 6) is 0. The van der Waals surface area contributed by atoms with Crippen molar-refractivity contribution in [2.75, 3.05) is 26.2 Å². The molecule has 0 amide bonds. The standard InChI is InChI=1S/C13H26N2/c1-12(2)6-5-9-15(12)11-13(3)7-4-8-14-10-13/h14H,4-11H2,1-3H3. The van der Waals surface area contributed by atoms with Crippen LogP contribution in [-0.2, 0) is 0 Å². The Morgan fingerprint density at radius 2 is 1.93 bits per heavy atom. The van der Waals surface area contributed by atoms with Crippen LogP contribution in [0.5, 0.6) is 0 Å². The second-order valence-corrected chi connectivity index (χ2v) is 6.43. The van der Waals surface area contributed by atoms with Crippen LogP contribution in [0.3, 0.4) is 0 Å². The number of rotatable bonds is 2. The summed E-state index contributed by atoms with van der Waals surface area (Å²) in [6.45, 7) is 12.3. The van der Waals surface area contributed by atoms with Gasteiger partial charge < -0.3 is 5.32 Å². The molecule has 0 saturated carbocycles. The van der Waals surface area contributed by atoms with Crippen molar-refractivity contribution < 1.29 is 0 Å². The van der Waals surface area contributed by atoms with E-state index in [1.165, 1.54) is 51.9 Å². The maximum atomic E-state index is 3.55. The third-order valence-corrected chi connectivity index (χ3v) is 4.33. The molecule has 2 heteroatoms. The Labute approximate surface area is 94.4 Å². The van der Waals surface area contributed by atoms with Crippen molar-refractivity contribution in [1.29, 1.82) is 0 Å². The van der Waals surface area contributed by atoms with Gasteiger partial charge in [0.2, 0.25) is 0 Å². The lowest BCUT2D eigenvalue weighted by Crippen LogP contribution is -2.49. The average molecular weight is 210 g/mol. The van der Waals surface area contributed by atoms with Crippen molar-refractivity contribution in [2.24, 2.45) is 5.41 Å². The van der Waals surface area contributed by atoms with Gasteiger partial charge in [0, 0.05) is 18.6 Å². The molecule has 88 valence electrons. The molecule has 0 aliphatic carbocycles. The van der Waals surface area contributed by atoms with Crippen LogP contribution >= 0.6 is 0 Å². The van der Waals surface area contributed by atoms with Gasteiger partial charge in [-0.1, -0.05) is 6.92 Å². The minimum Gasteiger partial charge on any atom is -0.316 e. The lowest BCUT2D eigenvalue weighted by molar-refractivity contribution is 0.0868. The maximum Gasteiger partial charge on any atom is 0.0153 e. The zero-order valence-electron chi connectivity index (χ0n) is 10.6. The number of nitrogens with one attached hydrogen (secondary N) is 1. The van der Waals surface area contributed by atoms with E-state index in [9.17, 15) is 0 Å². The van der Waals surface area contributed by atoms with Crippen molar-refractivity contribution >= 4 is 0 Å². The monoisotopic (exact) mass is 210 g/mol. The Morgan fingerprint density at radius 1 is 1.13 bits per heavy atom. The summed E-state index contributed by atoms with van der Waals surface area (Å²) < 4.78 is 0. The highest BCUT2D eigenvalue weighted by atomic mass is 15.2. The van der Waals surface area contributed by atoms with Crippen LogP contribution < -0.4 is 5.32 Å². The molecule has 2 aliphatic heterocycles. The fraction of sp³-hybridized carbons (Fsp3) is 1.00. The highest BCUT2D eigenvalue weighted by Crippen LogP contribution is 2.34. The molecule has 0 radical (unpaired) electrons. The van der Waals surface area contributed by atoms with Gasteiger partial charge >= 0.3 is 0 Å². The molecule has 2 aliphatic rings. The summed E-state index contributed by atoms with van der Waals surface area (Å²) in [6, 6.07) is 0. The van der Waals surface area contributed by atoms with Crippen LogP contribution in [0.2, 0.25) is 0 Å². The van der Waals surface area contributed by atoms with E-state index >= 15 is 0 Å². The summed E-state index contributed by atoms with van der Waals surface area (Å²) in [7, 11) is 0. The van der Waals surface area contributed by atoms with Crippen molar-refractivity contribution in [1.82, 2.24) is 10.2 Å². The molecular formula is C13H26N2. The van der Waals surface area contributed by atoms with E-state index in [2.05, 4.69) is 31.0 Å². The first-order valence-corrected chi connectivity index (χ1v) is 6.48. The van der Waals surface area contributed by atoms with Gasteiger partial charge in [0.25, 0.3) is 0 Å². The van der Waals surface area contributed by atoms with E-state index in [1.807, 2.05) is 0 Å². The number of hydrogen-bond donors (Lipinski definition) is 1. The highest BCUT2D eigenvalue weighted by molar-refractivity contribution is 4.93. The first-order valence-electron chi connectivity index (χ1n) is 6.48. The summed E-state index contributed by atoms with van der Waals surface area (Å²) in [5.41, 5.74) is 0.959. The summed E-state index contributed by atoms with van der Waals surface area (Å²) in [6.07, 6.45) is 5.50. The lowest BCUT2D eigenvalue weighted by atomic mass is 9.81. The highest BCUT2D eigenvalue weighted by Gasteiger charge is 2.37. The molecule has 0 spiro atoms. The molecule has 0 aromatic heterocycles. The third-order valence-electron chi connectivity index (χ3n) is 4.33. The van der Waals surface area contributed by atoms with Crippen molar-refractivity contribution in [3.8, 4) is 0 Å². The molecule has 2 fully saturated rings. The van der Waals surface area contributed by atoms with E-state index in [1.54, 1.807) is 0 Å². The van der Waals surface area contributed by atoms with Crippen LogP contribution in [-0.4, -0.2) is 36.6 Å². The molecule has 2 saturated heterocycles. The SMILES string of the molecule is CC1(CN2CCCC2(C)C)CCCNC1. The quantitative estimate of drug-likeness (QED) is 0.752. The van der Waals surface area contributed by atoms with Crippen LogP contribution in [0.15, 0.2) is 0 Å². The Kier molecular flexibility index (Phi) is 3.09. The smallest absolute Gasteiger partial charge is 0.0153 e. The minimum atomic E-state index is 0.445. The zero-order valence-corrected chi connectivity index (χ0v) is 10.6. The van der Waals surface area contributed by atoms with Gasteiger partial charge in [0.15, 0.2) is 0 Å². The van der Waals surface area contributed by atoms with Crippen molar-refractivity contribution in [3.63, 3.8) is 0 Å². The van der Waals surface area contributed by atoms with Gasteiger partial charge in [-0.25, -0.2) is 0 Å². The molecular weight excluding hydrogens is 184 g/mol. The second-order valence-electron chi connectivity index (χ2n) is 6.43. The zero-order chi connectivity index (χ0) is 10.9. The normalized spacial score (nSPS) is 37.0. The Balaban J connectivity index is 1.95. The van der Waals surface area contributed by atoms with Crippen molar-refractivity contribution in [3.05, 3.63) is 0 Å². The van der Waals surface area contributed by atoms with Crippen LogP contribution in [0.4, 0.5) is 0 Å². The van der Waals surface area contributed by atoms with Crippen molar-refractivity contribution in [2.45, 2.75) is 52.0 Å². The van der Waals surface area contributed by atoms with E-state index < -0.39 is 0 Å². The molecule has 0 aromatic carbocycles. The molecule has 2 rings (SSSR count). The Hall–Kier alpha value is -0.0800. The average Bonchev–Trinajstić information content (AvgIpc) is 2.46. The maximum absolute atomic E-state index is 3.55. The van der Waals surface area contributed by atoms with Gasteiger partial charge in [-0.2, -0.15) is 0 Å². The van der Waals surface area contributed by atoms with E-state index in [4.69, 9.17) is 0 Å². The van der Waals surface area contributed by atoms with Gasteiger partial charge in [-0.15, -0.1) is 0 Å². The molecule has 15 heavy (non-hydrogen) atoms. The lowest BCUT2D eigenvalue weighted by Gasteiger charge is -2.42. The topological polar surface area (TPSA) is 15.3 Å². The van der Waals surface area contributed by atoms with E-state index in [0.29, 0.717) is 11.0 Å². The first kappa shape index (κ1) is 11.4. The molecule has 1 N–H and O–H groups in total. The van der Waals surface area contributed by atoms with Gasteiger partial charge in [-0.05, 0) is 58.0 Å². The number of piperidine rings is 1. The fourth-order valence-electron chi connectivity index (χ4n) is 3.17. The molecule has 0 aromatic rings. The minimum absolute atomic E-state index is 0.445. The van der Waals surface area contributed by atoms with Crippen LogP contribution in [0, 0.1) is 5.41 Å². The van der Waals surface area contributed by atoms with Crippen LogP contribution in [0.25, 0.3) is 0 Å². The number of likely N-dealkylation sites (tertiary alicyclic amines) is 1. The molecule has 2 nitrogen and oxygen atoms in total. The largest absolute Gasteiger partial charge is 0.316 e. The third kappa shape index (κ3) is 2.54. The number of nitrogens with zero attached hydrogens (tertiary/aromatic N) is 1. The summed E-state index contributed by atoms with van der Waals surface area (Å²) >= 11 is 0. The Bertz CT molecular complexity index is 217. The predicted octanol–water partition coefficient (Wildman–Crippen LogP) is 2.25. The molecule has 0 bridgehead atoms. The van der Waals surface area contributed by atoms with E-state index in [-0.39, 0.29) is 0 Å². The molecule has 1 atom stereocenters. The summed E-state index contributed by atoms with van der Waals surface area (Å²) in [4.78, 5) is 2.71. The summed E-state index contributed by atoms with van der Waals surface area (Å²) in [5, 5.41) is 3.55. The fourth-order valence-corrected chi connectivity index (χ4v) is 3.17. The number of hydrogen-bond acceptors (Lipinski definition) is 2. The van der Waals surface area contributed by atoms with Gasteiger partial charge in [0.1, 0.15) is 0 Å². The van der Waals surface area contributed by atoms with E-state index in [0.717, 1.165) is 0 Å². The van der Waals surface area contributed by atoms with Crippen LogP contribution in [0.1, 0.15) is 46.5 Å². The Morgan fingerprint density at radius 3 is 2.47 bits per heavy atom. The molecule has 2 heterocycles.